The van der Waals surface area contributed by atoms with Crippen molar-refractivity contribution in [3.63, 3.8) is 0 Å². The molecule has 0 bridgehead atoms. The molecule has 1 aliphatic rings. The lowest BCUT2D eigenvalue weighted by Crippen LogP contribution is -1.75. The molecule has 1 heterocycles. The normalized spacial score (nSPS) is 14.5. The van der Waals surface area contributed by atoms with Crippen LogP contribution in [0.15, 0.2) is 51.4 Å². The molecule has 92 valence electrons. The van der Waals surface area contributed by atoms with Crippen molar-refractivity contribution in [2.75, 3.05) is 0 Å². The van der Waals surface area contributed by atoms with Gasteiger partial charge < -0.3 is 4.42 Å². The Morgan fingerprint density at radius 3 is 2.68 bits per heavy atom. The molecule has 1 aromatic heterocycles. The van der Waals surface area contributed by atoms with Crippen LogP contribution < -0.4 is 0 Å². The van der Waals surface area contributed by atoms with E-state index in [1.54, 1.807) is 0 Å². The van der Waals surface area contributed by atoms with Crippen molar-refractivity contribution in [1.29, 1.82) is 0 Å². The lowest BCUT2D eigenvalue weighted by molar-refractivity contribution is 0.604. The molecule has 0 saturated carbocycles. The van der Waals surface area contributed by atoms with Crippen LogP contribution in [0.5, 0.6) is 0 Å². The number of furan rings is 1. The molecule has 0 saturated heterocycles. The van der Waals surface area contributed by atoms with Gasteiger partial charge in [0.25, 0.3) is 0 Å². The second-order valence-corrected chi connectivity index (χ2v) is 5.79. The van der Waals surface area contributed by atoms with Crippen LogP contribution in [-0.4, -0.2) is 0 Å². The van der Waals surface area contributed by atoms with Crippen LogP contribution >= 0.6 is 15.9 Å². The van der Waals surface area contributed by atoms with Gasteiger partial charge in [0.05, 0.1) is 0 Å². The van der Waals surface area contributed by atoms with Gasteiger partial charge in [-0.3, -0.25) is 0 Å². The van der Waals surface area contributed by atoms with Gasteiger partial charge in [0.2, 0.25) is 0 Å². The quantitative estimate of drug-likeness (QED) is 0.516. The zero-order chi connectivity index (χ0) is 12.8. The molecule has 0 atom stereocenters. The zero-order valence-electron chi connectivity index (χ0n) is 10.2. The average Bonchev–Trinajstić information content (AvgIpc) is 2.62. The van der Waals surface area contributed by atoms with E-state index in [0.717, 1.165) is 17.8 Å². The summed E-state index contributed by atoms with van der Waals surface area (Å²) in [6.07, 6.45) is 7.26. The van der Waals surface area contributed by atoms with Crippen LogP contribution in [0, 0.1) is 0 Å². The Kier molecular flexibility index (Phi) is 2.39. The smallest absolute Gasteiger partial charge is 0.136 e. The van der Waals surface area contributed by atoms with Gasteiger partial charge >= 0.3 is 0 Å². The first-order valence-electron chi connectivity index (χ1n) is 6.29. The monoisotopic (exact) mass is 310 g/mol. The van der Waals surface area contributed by atoms with Crippen molar-refractivity contribution in [2.45, 2.75) is 6.42 Å². The van der Waals surface area contributed by atoms with Gasteiger partial charge in [0.1, 0.15) is 11.3 Å². The van der Waals surface area contributed by atoms with E-state index in [-0.39, 0.29) is 0 Å². The largest absolute Gasteiger partial charge is 0.456 e. The predicted molar refractivity (Wildman–Crippen MR) is 84.3 cm³/mol. The molecule has 2 aromatic carbocycles. The molecule has 0 N–H and O–H groups in total. The van der Waals surface area contributed by atoms with Crippen LogP contribution in [-0.2, 0) is 0 Å². The molecule has 1 nitrogen and oxygen atoms in total. The van der Waals surface area contributed by atoms with E-state index < -0.39 is 0 Å². The summed E-state index contributed by atoms with van der Waals surface area (Å²) >= 11 is 3.60. The summed E-state index contributed by atoms with van der Waals surface area (Å²) in [6.45, 7) is 0. The van der Waals surface area contributed by atoms with Crippen LogP contribution in [0.2, 0.25) is 0 Å². The first-order chi connectivity index (χ1) is 9.31. The third-order valence-electron chi connectivity index (χ3n) is 3.51. The van der Waals surface area contributed by atoms with Gasteiger partial charge in [0, 0.05) is 10.9 Å². The maximum Gasteiger partial charge on any atom is 0.136 e. The first-order valence-corrected chi connectivity index (χ1v) is 7.08. The highest BCUT2D eigenvalue weighted by Gasteiger charge is 2.13. The van der Waals surface area contributed by atoms with E-state index in [2.05, 4.69) is 70.6 Å². The molecule has 0 unspecified atom stereocenters. The van der Waals surface area contributed by atoms with Crippen LogP contribution in [0.3, 0.4) is 0 Å². The van der Waals surface area contributed by atoms with E-state index in [1.807, 2.05) is 0 Å². The molecule has 1 aliphatic carbocycles. The number of hydrogen-bond donors (Lipinski definition) is 0. The topological polar surface area (TPSA) is 13.1 Å². The standard InChI is InChI=1S/C17H11BrO/c18-13-6-3-7-16-15(10-13)14-8-11-4-1-2-5-12(11)9-17(14)19-16/h1-5,7-10H,6H2. The van der Waals surface area contributed by atoms with Gasteiger partial charge in [0.15, 0.2) is 0 Å². The van der Waals surface area contributed by atoms with Gasteiger partial charge in [-0.25, -0.2) is 0 Å². The van der Waals surface area contributed by atoms with Crippen molar-refractivity contribution >= 4 is 49.8 Å². The van der Waals surface area contributed by atoms with Crippen molar-refractivity contribution in [3.05, 3.63) is 58.3 Å². The molecule has 0 radical (unpaired) electrons. The van der Waals surface area contributed by atoms with E-state index >= 15 is 0 Å². The summed E-state index contributed by atoms with van der Waals surface area (Å²) in [6, 6.07) is 12.7. The molecule has 4 rings (SSSR count). The lowest BCUT2D eigenvalue weighted by atomic mass is 10.0. The summed E-state index contributed by atoms with van der Waals surface area (Å²) in [4.78, 5) is 0. The van der Waals surface area contributed by atoms with E-state index in [0.29, 0.717) is 0 Å². The van der Waals surface area contributed by atoms with Crippen molar-refractivity contribution in [3.8, 4) is 0 Å². The molecule has 3 aromatic rings. The van der Waals surface area contributed by atoms with Gasteiger partial charge in [-0.15, -0.1) is 0 Å². The Hall–Kier alpha value is -1.80. The highest BCUT2D eigenvalue weighted by atomic mass is 79.9. The van der Waals surface area contributed by atoms with Crippen LogP contribution in [0.1, 0.15) is 17.7 Å². The van der Waals surface area contributed by atoms with Crippen LogP contribution in [0.25, 0.3) is 33.9 Å². The summed E-state index contributed by atoms with van der Waals surface area (Å²) in [7, 11) is 0. The first kappa shape index (κ1) is 11.1. The molecular formula is C17H11BrO. The fourth-order valence-electron chi connectivity index (χ4n) is 2.59. The second kappa shape index (κ2) is 4.10. The van der Waals surface area contributed by atoms with Gasteiger partial charge in [-0.05, 0) is 46.0 Å². The molecule has 0 fully saturated rings. The Labute approximate surface area is 119 Å². The fraction of sp³-hybridized carbons (Fsp3) is 0.0588. The highest BCUT2D eigenvalue weighted by molar-refractivity contribution is 9.11. The number of rotatable bonds is 0. The summed E-state index contributed by atoms with van der Waals surface area (Å²) in [5.74, 6) is 0.944. The van der Waals surface area contributed by atoms with Crippen molar-refractivity contribution in [2.24, 2.45) is 0 Å². The SMILES string of the molecule is BrC1=Cc2c(oc3cc4ccccc4cc23)C=CC1. The molecular weight excluding hydrogens is 300 g/mol. The third kappa shape index (κ3) is 1.75. The fourth-order valence-corrected chi connectivity index (χ4v) is 3.00. The Morgan fingerprint density at radius 2 is 1.84 bits per heavy atom. The number of halogens is 1. The van der Waals surface area contributed by atoms with Crippen molar-refractivity contribution < 1.29 is 4.42 Å². The van der Waals surface area contributed by atoms with Gasteiger partial charge in [-0.2, -0.15) is 0 Å². The van der Waals surface area contributed by atoms with Crippen molar-refractivity contribution in [1.82, 2.24) is 0 Å². The average molecular weight is 311 g/mol. The molecule has 0 aliphatic heterocycles. The highest BCUT2D eigenvalue weighted by Crippen LogP contribution is 2.35. The molecule has 0 spiro atoms. The van der Waals surface area contributed by atoms with Gasteiger partial charge in [-0.1, -0.05) is 46.3 Å². The van der Waals surface area contributed by atoms with E-state index in [9.17, 15) is 0 Å². The predicted octanol–water partition coefficient (Wildman–Crippen LogP) is 5.74. The minimum absolute atomic E-state index is 0.916. The minimum atomic E-state index is 0.916. The Morgan fingerprint density at radius 1 is 1.05 bits per heavy atom. The number of fused-ring (bicyclic) bond motifs is 4. The maximum absolute atomic E-state index is 5.97. The second-order valence-electron chi connectivity index (χ2n) is 4.77. The zero-order valence-corrected chi connectivity index (χ0v) is 11.8. The third-order valence-corrected chi connectivity index (χ3v) is 4.06. The molecule has 0 amide bonds. The lowest BCUT2D eigenvalue weighted by Gasteiger charge is -1.98. The molecule has 2 heteroatoms. The summed E-state index contributed by atoms with van der Waals surface area (Å²) in [5, 5.41) is 3.64. The van der Waals surface area contributed by atoms with E-state index in [1.165, 1.54) is 26.2 Å². The minimum Gasteiger partial charge on any atom is -0.456 e. The summed E-state index contributed by atoms with van der Waals surface area (Å²) in [5.41, 5.74) is 2.12. The number of hydrogen-bond acceptors (Lipinski definition) is 1. The maximum atomic E-state index is 5.97. The number of allylic oxidation sites excluding steroid dienone is 2. The molecule has 19 heavy (non-hydrogen) atoms. The number of benzene rings is 2. The van der Waals surface area contributed by atoms with Crippen LogP contribution in [0.4, 0.5) is 0 Å². The summed E-state index contributed by atoms with van der Waals surface area (Å²) < 4.78 is 7.15. The van der Waals surface area contributed by atoms with E-state index in [4.69, 9.17) is 4.42 Å². The Bertz CT molecular complexity index is 852. The Balaban J connectivity index is 2.13.